The van der Waals surface area contributed by atoms with Gasteiger partial charge in [0.1, 0.15) is 11.4 Å². The van der Waals surface area contributed by atoms with Crippen LogP contribution >= 0.6 is 0 Å². The van der Waals surface area contributed by atoms with Gasteiger partial charge in [0.2, 0.25) is 0 Å². The number of non-ortho nitro benzene ring substituents is 1. The molecule has 1 aliphatic rings. The van der Waals surface area contributed by atoms with Crippen molar-refractivity contribution >= 4 is 22.8 Å². The Morgan fingerprint density at radius 3 is 2.46 bits per heavy atom. The molecule has 0 aromatic heterocycles. The van der Waals surface area contributed by atoms with Crippen LogP contribution in [-0.2, 0) is 11.8 Å². The van der Waals surface area contributed by atoms with E-state index in [0.717, 1.165) is 29.5 Å². The topological polar surface area (TPSA) is 120 Å². The van der Waals surface area contributed by atoms with Crippen molar-refractivity contribution in [1.82, 2.24) is 0 Å². The number of nitro benzene ring substituents is 2. The van der Waals surface area contributed by atoms with Crippen molar-refractivity contribution in [2.45, 2.75) is 32.1 Å². The van der Waals surface area contributed by atoms with Gasteiger partial charge in [-0.2, -0.15) is 5.10 Å². The van der Waals surface area contributed by atoms with Crippen LogP contribution in [-0.4, -0.2) is 22.7 Å². The highest BCUT2D eigenvalue weighted by molar-refractivity contribution is 5.96. The molecule has 146 valence electrons. The normalized spacial score (nSPS) is 16.3. The van der Waals surface area contributed by atoms with Crippen molar-refractivity contribution in [1.29, 1.82) is 0 Å². The average molecular weight is 384 g/mol. The van der Waals surface area contributed by atoms with Gasteiger partial charge in [-0.05, 0) is 42.2 Å². The molecule has 1 N–H and O–H groups in total. The van der Waals surface area contributed by atoms with E-state index in [1.807, 2.05) is 32.0 Å². The van der Waals surface area contributed by atoms with Gasteiger partial charge in [-0.15, -0.1) is 0 Å². The SMILES string of the molecule is COc1ccc2c(c1)CC/C(=N\Nc1ccc([N+](=O)[O-])cc1[N+](=O)[O-])C2(C)C. The van der Waals surface area contributed by atoms with E-state index in [4.69, 9.17) is 4.74 Å². The number of aryl methyl sites for hydroxylation is 1. The number of ether oxygens (including phenoxy) is 1. The summed E-state index contributed by atoms with van der Waals surface area (Å²) in [6, 6.07) is 9.37. The number of hydrogen-bond acceptors (Lipinski definition) is 7. The first-order chi connectivity index (χ1) is 13.2. The largest absolute Gasteiger partial charge is 0.497 e. The van der Waals surface area contributed by atoms with Crippen molar-refractivity contribution in [3.8, 4) is 5.75 Å². The molecular weight excluding hydrogens is 364 g/mol. The Morgan fingerprint density at radius 2 is 1.82 bits per heavy atom. The second-order valence-corrected chi connectivity index (χ2v) is 7.03. The number of methoxy groups -OCH3 is 1. The Hall–Kier alpha value is -3.49. The van der Waals surface area contributed by atoms with Crippen molar-refractivity contribution in [3.63, 3.8) is 0 Å². The molecule has 9 heteroatoms. The monoisotopic (exact) mass is 384 g/mol. The van der Waals surface area contributed by atoms with Crippen molar-refractivity contribution in [2.24, 2.45) is 5.10 Å². The van der Waals surface area contributed by atoms with E-state index in [-0.39, 0.29) is 16.8 Å². The highest BCUT2D eigenvalue weighted by Crippen LogP contribution is 2.37. The number of rotatable bonds is 5. The molecule has 2 aromatic carbocycles. The Labute approximate surface area is 161 Å². The fourth-order valence-corrected chi connectivity index (χ4v) is 3.44. The minimum atomic E-state index is -0.669. The molecule has 0 atom stereocenters. The molecule has 2 aromatic rings. The van der Waals surface area contributed by atoms with Crippen molar-refractivity contribution in [2.75, 3.05) is 12.5 Å². The minimum Gasteiger partial charge on any atom is -0.497 e. The molecular formula is C19H20N4O5. The number of benzene rings is 2. The molecule has 0 amide bonds. The third-order valence-corrected chi connectivity index (χ3v) is 5.04. The number of hydrogen-bond donors (Lipinski definition) is 1. The van der Waals surface area contributed by atoms with Gasteiger partial charge in [-0.25, -0.2) is 0 Å². The van der Waals surface area contributed by atoms with Gasteiger partial charge in [-0.3, -0.25) is 25.7 Å². The summed E-state index contributed by atoms with van der Waals surface area (Å²) in [4.78, 5) is 20.8. The summed E-state index contributed by atoms with van der Waals surface area (Å²) in [5.74, 6) is 0.801. The zero-order valence-electron chi connectivity index (χ0n) is 15.8. The molecule has 3 rings (SSSR count). The highest BCUT2D eigenvalue weighted by Gasteiger charge is 2.34. The fourth-order valence-electron chi connectivity index (χ4n) is 3.44. The van der Waals surface area contributed by atoms with Crippen LogP contribution in [0, 0.1) is 20.2 Å². The number of fused-ring (bicyclic) bond motifs is 1. The second kappa shape index (κ2) is 7.26. The van der Waals surface area contributed by atoms with E-state index in [1.54, 1.807) is 7.11 Å². The maximum atomic E-state index is 11.3. The first-order valence-corrected chi connectivity index (χ1v) is 8.67. The zero-order chi connectivity index (χ0) is 20.5. The minimum absolute atomic E-state index is 0.111. The summed E-state index contributed by atoms with van der Waals surface area (Å²) in [5.41, 5.74) is 4.90. The predicted octanol–water partition coefficient (Wildman–Crippen LogP) is 4.20. The van der Waals surface area contributed by atoms with Crippen LogP contribution in [0.1, 0.15) is 31.4 Å². The van der Waals surface area contributed by atoms with Crippen LogP contribution in [0.15, 0.2) is 41.5 Å². The summed E-state index contributed by atoms with van der Waals surface area (Å²) in [6.07, 6.45) is 1.46. The number of anilines is 1. The lowest BCUT2D eigenvalue weighted by atomic mass is 9.71. The number of nitrogens with zero attached hydrogens (tertiary/aromatic N) is 3. The lowest BCUT2D eigenvalue weighted by molar-refractivity contribution is -0.393. The zero-order valence-corrected chi connectivity index (χ0v) is 15.8. The van der Waals surface area contributed by atoms with Crippen LogP contribution in [0.25, 0.3) is 0 Å². The lowest BCUT2D eigenvalue weighted by Gasteiger charge is -2.34. The summed E-state index contributed by atoms with van der Waals surface area (Å²) < 4.78 is 5.29. The molecule has 0 radical (unpaired) electrons. The number of nitro groups is 2. The first kappa shape index (κ1) is 19.3. The second-order valence-electron chi connectivity index (χ2n) is 7.03. The Kier molecular flexibility index (Phi) is 5.00. The molecule has 0 aliphatic heterocycles. The maximum absolute atomic E-state index is 11.3. The average Bonchev–Trinajstić information content (AvgIpc) is 2.66. The standard InChI is InChI=1S/C19H20N4O5/c1-19(2)15-7-6-14(28-3)10-12(15)4-9-18(19)21-20-16-8-5-13(22(24)25)11-17(16)23(26)27/h5-8,10-11,20H,4,9H2,1-3H3/b21-18+. The van der Waals surface area contributed by atoms with Gasteiger partial charge in [0.05, 0.1) is 23.0 Å². The highest BCUT2D eigenvalue weighted by atomic mass is 16.6. The Balaban J connectivity index is 1.92. The van der Waals surface area contributed by atoms with Crippen molar-refractivity contribution < 1.29 is 14.6 Å². The molecule has 0 unspecified atom stereocenters. The van der Waals surface area contributed by atoms with E-state index < -0.39 is 15.5 Å². The van der Waals surface area contributed by atoms with Gasteiger partial charge in [0, 0.05) is 17.2 Å². The summed E-state index contributed by atoms with van der Waals surface area (Å²) >= 11 is 0. The van der Waals surface area contributed by atoms with E-state index >= 15 is 0 Å². The fraction of sp³-hybridized carbons (Fsp3) is 0.316. The molecule has 28 heavy (non-hydrogen) atoms. The van der Waals surface area contributed by atoms with Crippen molar-refractivity contribution in [3.05, 3.63) is 67.8 Å². The summed E-state index contributed by atoms with van der Waals surface area (Å²) in [6.45, 7) is 4.09. The molecule has 0 saturated heterocycles. The van der Waals surface area contributed by atoms with Crippen LogP contribution in [0.3, 0.4) is 0 Å². The van der Waals surface area contributed by atoms with Crippen LogP contribution < -0.4 is 10.2 Å². The Bertz CT molecular complexity index is 984. The van der Waals surface area contributed by atoms with Crippen LogP contribution in [0.5, 0.6) is 5.75 Å². The van der Waals surface area contributed by atoms with E-state index in [9.17, 15) is 20.2 Å². The number of hydrazone groups is 1. The van der Waals surface area contributed by atoms with Gasteiger partial charge in [-0.1, -0.05) is 19.9 Å². The maximum Gasteiger partial charge on any atom is 0.301 e. The molecule has 0 fully saturated rings. The van der Waals surface area contributed by atoms with Crippen LogP contribution in [0.4, 0.5) is 17.1 Å². The lowest BCUT2D eigenvalue weighted by Crippen LogP contribution is -2.35. The quantitative estimate of drug-likeness (QED) is 0.609. The molecule has 0 spiro atoms. The Morgan fingerprint density at radius 1 is 1.07 bits per heavy atom. The molecule has 0 heterocycles. The smallest absolute Gasteiger partial charge is 0.301 e. The first-order valence-electron chi connectivity index (χ1n) is 8.67. The number of nitrogens with one attached hydrogen (secondary N) is 1. The third kappa shape index (κ3) is 3.51. The van der Waals surface area contributed by atoms with E-state index in [2.05, 4.69) is 10.5 Å². The van der Waals surface area contributed by atoms with Gasteiger partial charge in [0.15, 0.2) is 0 Å². The summed E-state index contributed by atoms with van der Waals surface area (Å²) in [7, 11) is 1.63. The molecule has 0 saturated carbocycles. The summed E-state index contributed by atoms with van der Waals surface area (Å²) in [5, 5.41) is 26.6. The van der Waals surface area contributed by atoms with E-state index in [1.165, 1.54) is 17.7 Å². The third-order valence-electron chi connectivity index (χ3n) is 5.04. The predicted molar refractivity (Wildman–Crippen MR) is 105 cm³/mol. The molecule has 0 bridgehead atoms. The van der Waals surface area contributed by atoms with E-state index in [0.29, 0.717) is 6.42 Å². The van der Waals surface area contributed by atoms with Gasteiger partial charge in [0.25, 0.3) is 5.69 Å². The van der Waals surface area contributed by atoms with Gasteiger partial charge < -0.3 is 4.74 Å². The van der Waals surface area contributed by atoms with Gasteiger partial charge >= 0.3 is 5.69 Å². The molecule has 1 aliphatic carbocycles. The molecule has 9 nitrogen and oxygen atoms in total. The van der Waals surface area contributed by atoms with Crippen LogP contribution in [0.2, 0.25) is 0 Å².